The molecule has 26 heavy (non-hydrogen) atoms. The van der Waals surface area contributed by atoms with Crippen molar-refractivity contribution < 1.29 is 14.9 Å². The zero-order chi connectivity index (χ0) is 18.3. The minimum Gasteiger partial charge on any atom is -0.493 e. The van der Waals surface area contributed by atoms with E-state index >= 15 is 0 Å². The number of aliphatic hydroxyl groups excluding tert-OH is 1. The van der Waals surface area contributed by atoms with Gasteiger partial charge >= 0.3 is 0 Å². The lowest BCUT2D eigenvalue weighted by Gasteiger charge is -2.15. The van der Waals surface area contributed by atoms with Gasteiger partial charge in [-0.25, -0.2) is 0 Å². The van der Waals surface area contributed by atoms with Crippen LogP contribution in [0.1, 0.15) is 37.2 Å². The summed E-state index contributed by atoms with van der Waals surface area (Å²) in [5.74, 6) is 0.882. The van der Waals surface area contributed by atoms with Gasteiger partial charge in [-0.1, -0.05) is 28.9 Å². The van der Waals surface area contributed by atoms with Gasteiger partial charge in [-0.3, -0.25) is 4.68 Å². The molecule has 1 heterocycles. The van der Waals surface area contributed by atoms with Crippen LogP contribution in [0.25, 0.3) is 10.9 Å². The summed E-state index contributed by atoms with van der Waals surface area (Å²) in [4.78, 5) is 0. The van der Waals surface area contributed by atoms with E-state index in [9.17, 15) is 10.2 Å². The van der Waals surface area contributed by atoms with Gasteiger partial charge in [-0.05, 0) is 43.2 Å². The molecule has 6 heteroatoms. The minimum absolute atomic E-state index is 0.324. The maximum atomic E-state index is 9.33. The molecule has 136 valence electrons. The molecule has 0 saturated heterocycles. The molecular formula is C20H21BrN2O3. The summed E-state index contributed by atoms with van der Waals surface area (Å²) >= 11 is 3.54. The van der Waals surface area contributed by atoms with E-state index in [4.69, 9.17) is 4.74 Å². The fourth-order valence-corrected chi connectivity index (χ4v) is 3.38. The van der Waals surface area contributed by atoms with Crippen molar-refractivity contribution in [3.63, 3.8) is 0 Å². The highest BCUT2D eigenvalue weighted by Crippen LogP contribution is 2.45. The fourth-order valence-electron chi connectivity index (χ4n) is 2.98. The molecule has 1 saturated carbocycles. The van der Waals surface area contributed by atoms with Gasteiger partial charge < -0.3 is 14.9 Å². The van der Waals surface area contributed by atoms with Gasteiger partial charge in [0.2, 0.25) is 0 Å². The van der Waals surface area contributed by atoms with Crippen LogP contribution in [0.5, 0.6) is 5.75 Å². The highest BCUT2D eigenvalue weighted by Gasteiger charge is 2.38. The number of halogens is 1. The minimum atomic E-state index is -1.48. The summed E-state index contributed by atoms with van der Waals surface area (Å²) in [5.41, 5.74) is 2.78. The van der Waals surface area contributed by atoms with Gasteiger partial charge in [-0.2, -0.15) is 5.10 Å². The summed E-state index contributed by atoms with van der Waals surface area (Å²) in [7, 11) is 0. The highest BCUT2D eigenvalue weighted by atomic mass is 79.9. The maximum absolute atomic E-state index is 9.33. The van der Waals surface area contributed by atoms with Crippen molar-refractivity contribution in [1.82, 2.24) is 9.78 Å². The monoisotopic (exact) mass is 416 g/mol. The van der Waals surface area contributed by atoms with E-state index < -0.39 is 6.29 Å². The van der Waals surface area contributed by atoms with Gasteiger partial charge in [0, 0.05) is 26.4 Å². The highest BCUT2D eigenvalue weighted by molar-refractivity contribution is 9.10. The predicted molar refractivity (Wildman–Crippen MR) is 103 cm³/mol. The van der Waals surface area contributed by atoms with E-state index in [1.165, 1.54) is 12.8 Å². The number of aliphatic hydroxyl groups is 2. The standard InChI is InChI=1S/C20H21BrN2O3/c1-20(6-7-20)12-26-18-5-3-16(21)9-15(18)11-23-17-4-2-13(19(24)25)8-14(17)10-22-23/h2-5,8-10,19,24-25H,6-7,11-12H2,1H3. The van der Waals surface area contributed by atoms with Crippen LogP contribution in [0.4, 0.5) is 0 Å². The molecule has 4 rings (SSSR count). The topological polar surface area (TPSA) is 67.5 Å². The van der Waals surface area contributed by atoms with Gasteiger partial charge in [0.25, 0.3) is 0 Å². The van der Waals surface area contributed by atoms with Crippen LogP contribution < -0.4 is 4.74 Å². The molecule has 0 atom stereocenters. The number of aromatic nitrogens is 2. The van der Waals surface area contributed by atoms with Gasteiger partial charge in [-0.15, -0.1) is 0 Å². The van der Waals surface area contributed by atoms with Gasteiger partial charge in [0.1, 0.15) is 5.75 Å². The van der Waals surface area contributed by atoms with Crippen LogP contribution in [0.3, 0.4) is 0 Å². The Balaban J connectivity index is 1.62. The summed E-state index contributed by atoms with van der Waals surface area (Å²) in [6.45, 7) is 3.56. The maximum Gasteiger partial charge on any atom is 0.178 e. The van der Waals surface area contributed by atoms with E-state index in [1.807, 2.05) is 22.9 Å². The smallest absolute Gasteiger partial charge is 0.178 e. The molecular weight excluding hydrogens is 396 g/mol. The molecule has 1 aliphatic rings. The van der Waals surface area contributed by atoms with Gasteiger partial charge in [0.05, 0.1) is 24.9 Å². The molecule has 1 aliphatic carbocycles. The zero-order valence-corrected chi connectivity index (χ0v) is 16.1. The first-order valence-corrected chi connectivity index (χ1v) is 9.46. The Bertz CT molecular complexity index is 947. The van der Waals surface area contributed by atoms with Crippen molar-refractivity contribution in [3.05, 3.63) is 58.2 Å². The predicted octanol–water partition coefficient (Wildman–Crippen LogP) is 4.01. The second kappa shape index (κ2) is 6.68. The molecule has 1 aromatic heterocycles. The molecule has 0 bridgehead atoms. The van der Waals surface area contributed by atoms with Crippen LogP contribution in [-0.4, -0.2) is 26.6 Å². The first kappa shape index (κ1) is 17.5. The van der Waals surface area contributed by atoms with Gasteiger partial charge in [0.15, 0.2) is 6.29 Å². The molecule has 0 radical (unpaired) electrons. The third kappa shape index (κ3) is 3.63. The Kier molecular flexibility index (Phi) is 4.50. The summed E-state index contributed by atoms with van der Waals surface area (Å²) in [5, 5.41) is 24.0. The molecule has 5 nitrogen and oxygen atoms in total. The first-order valence-electron chi connectivity index (χ1n) is 8.66. The Labute approximate surface area is 160 Å². The molecule has 0 amide bonds. The van der Waals surface area contributed by atoms with Crippen LogP contribution >= 0.6 is 15.9 Å². The van der Waals surface area contributed by atoms with Crippen molar-refractivity contribution in [3.8, 4) is 5.75 Å². The normalized spacial score (nSPS) is 15.6. The number of fused-ring (bicyclic) bond motifs is 1. The Morgan fingerprint density at radius 1 is 1.23 bits per heavy atom. The quantitative estimate of drug-likeness (QED) is 0.595. The SMILES string of the molecule is CC1(COc2ccc(Br)cc2Cn2ncc3cc(C(O)O)ccc32)CC1. The third-order valence-electron chi connectivity index (χ3n) is 4.99. The second-order valence-corrected chi connectivity index (χ2v) is 8.26. The summed E-state index contributed by atoms with van der Waals surface area (Å²) in [6, 6.07) is 11.4. The molecule has 0 spiro atoms. The molecule has 3 aromatic rings. The number of benzene rings is 2. The van der Waals surface area contributed by atoms with E-state index in [2.05, 4.69) is 34.0 Å². The van der Waals surface area contributed by atoms with Crippen LogP contribution in [0.2, 0.25) is 0 Å². The average Bonchev–Trinajstić information content (AvgIpc) is 3.22. The fraction of sp³-hybridized carbons (Fsp3) is 0.350. The summed E-state index contributed by atoms with van der Waals surface area (Å²) < 4.78 is 9.00. The van der Waals surface area contributed by atoms with Crippen LogP contribution in [0, 0.1) is 5.41 Å². The van der Waals surface area contributed by atoms with Crippen molar-refractivity contribution in [2.45, 2.75) is 32.6 Å². The van der Waals surface area contributed by atoms with Crippen LogP contribution in [-0.2, 0) is 6.54 Å². The van der Waals surface area contributed by atoms with Crippen molar-refractivity contribution in [2.75, 3.05) is 6.61 Å². The molecule has 1 fully saturated rings. The molecule has 2 aromatic carbocycles. The molecule has 0 aliphatic heterocycles. The average molecular weight is 417 g/mol. The number of nitrogens with zero attached hydrogens (tertiary/aromatic N) is 2. The van der Waals surface area contributed by atoms with Crippen molar-refractivity contribution >= 4 is 26.8 Å². The molecule has 2 N–H and O–H groups in total. The Morgan fingerprint density at radius 3 is 2.77 bits per heavy atom. The van der Waals surface area contributed by atoms with Crippen molar-refractivity contribution in [1.29, 1.82) is 0 Å². The lowest BCUT2D eigenvalue weighted by atomic mass is 10.1. The van der Waals surface area contributed by atoms with E-state index in [1.54, 1.807) is 18.3 Å². The number of hydrogen-bond acceptors (Lipinski definition) is 4. The van der Waals surface area contributed by atoms with Crippen LogP contribution in [0.15, 0.2) is 47.1 Å². The third-order valence-corrected chi connectivity index (χ3v) is 5.48. The lowest BCUT2D eigenvalue weighted by molar-refractivity contribution is -0.0423. The number of ether oxygens (including phenoxy) is 1. The zero-order valence-electron chi connectivity index (χ0n) is 14.5. The largest absolute Gasteiger partial charge is 0.493 e. The van der Waals surface area contributed by atoms with E-state index in [0.29, 0.717) is 17.5 Å². The van der Waals surface area contributed by atoms with E-state index in [-0.39, 0.29) is 0 Å². The first-order chi connectivity index (χ1) is 12.4. The van der Waals surface area contributed by atoms with E-state index in [0.717, 1.165) is 33.3 Å². The second-order valence-electron chi connectivity index (χ2n) is 7.35. The van der Waals surface area contributed by atoms with Crippen molar-refractivity contribution in [2.24, 2.45) is 5.41 Å². The molecule has 0 unspecified atom stereocenters. The Hall–Kier alpha value is -1.89. The Morgan fingerprint density at radius 2 is 2.04 bits per heavy atom. The lowest BCUT2D eigenvalue weighted by Crippen LogP contribution is -2.11. The number of rotatable bonds is 6. The number of hydrogen-bond donors (Lipinski definition) is 2. The summed E-state index contributed by atoms with van der Waals surface area (Å²) in [6.07, 6.45) is 2.71.